The Hall–Kier alpha value is -2.93. The van der Waals surface area contributed by atoms with Gasteiger partial charge in [0.05, 0.1) is 28.5 Å². The SMILES string of the molecule is Cc1cc2c(s1)c1cnn(Cc3ccc(C(=O)O)cc3)c(=O)c1n2C. The molecule has 4 rings (SSSR count). The number of rotatable bonds is 3. The molecule has 0 fully saturated rings. The van der Waals surface area contributed by atoms with E-state index in [9.17, 15) is 9.59 Å². The second-order valence-corrected chi connectivity index (χ2v) is 7.26. The van der Waals surface area contributed by atoms with Crippen LogP contribution in [0.25, 0.3) is 21.1 Å². The molecular formula is C18H15N3O3S. The Labute approximate surface area is 146 Å². The minimum Gasteiger partial charge on any atom is -0.478 e. The zero-order valence-electron chi connectivity index (χ0n) is 13.7. The Balaban J connectivity index is 1.80. The number of hydrogen-bond donors (Lipinski definition) is 1. The molecular weight excluding hydrogens is 338 g/mol. The summed E-state index contributed by atoms with van der Waals surface area (Å²) >= 11 is 1.66. The molecule has 0 spiro atoms. The van der Waals surface area contributed by atoms with Crippen LogP contribution in [0, 0.1) is 6.92 Å². The van der Waals surface area contributed by atoms with E-state index in [-0.39, 0.29) is 11.1 Å². The molecule has 0 unspecified atom stereocenters. The minimum absolute atomic E-state index is 0.150. The van der Waals surface area contributed by atoms with Crippen LogP contribution in [0.1, 0.15) is 20.8 Å². The van der Waals surface area contributed by atoms with Crippen LogP contribution in [-0.4, -0.2) is 25.4 Å². The van der Waals surface area contributed by atoms with Gasteiger partial charge in [0.1, 0.15) is 5.52 Å². The van der Waals surface area contributed by atoms with Crippen molar-refractivity contribution in [2.45, 2.75) is 13.5 Å². The summed E-state index contributed by atoms with van der Waals surface area (Å²) in [6.07, 6.45) is 1.74. The third-order valence-corrected chi connectivity index (χ3v) is 5.40. The number of carbonyl (C=O) groups is 1. The van der Waals surface area contributed by atoms with Crippen molar-refractivity contribution in [1.82, 2.24) is 14.3 Å². The van der Waals surface area contributed by atoms with Crippen LogP contribution in [0.5, 0.6) is 0 Å². The molecule has 1 N–H and O–H groups in total. The lowest BCUT2D eigenvalue weighted by molar-refractivity contribution is 0.0697. The molecule has 3 heterocycles. The van der Waals surface area contributed by atoms with E-state index in [0.29, 0.717) is 12.1 Å². The monoisotopic (exact) mass is 353 g/mol. The van der Waals surface area contributed by atoms with Crippen molar-refractivity contribution in [1.29, 1.82) is 0 Å². The molecule has 126 valence electrons. The van der Waals surface area contributed by atoms with Crippen molar-refractivity contribution < 1.29 is 9.90 Å². The maximum Gasteiger partial charge on any atom is 0.335 e. The number of fused-ring (bicyclic) bond motifs is 3. The number of thiophene rings is 1. The molecule has 0 radical (unpaired) electrons. The highest BCUT2D eigenvalue weighted by Crippen LogP contribution is 2.32. The molecule has 0 aliphatic heterocycles. The smallest absolute Gasteiger partial charge is 0.335 e. The van der Waals surface area contributed by atoms with Crippen LogP contribution in [0.2, 0.25) is 0 Å². The first-order valence-electron chi connectivity index (χ1n) is 7.72. The predicted octanol–water partition coefficient (Wildman–Crippen LogP) is 3.00. The first kappa shape index (κ1) is 15.6. The lowest BCUT2D eigenvalue weighted by Crippen LogP contribution is -2.24. The molecule has 0 saturated heterocycles. The van der Waals surface area contributed by atoms with Crippen molar-refractivity contribution in [2.75, 3.05) is 0 Å². The first-order chi connectivity index (χ1) is 12.0. The number of aromatic carboxylic acids is 1. The lowest BCUT2D eigenvalue weighted by Gasteiger charge is -2.06. The average Bonchev–Trinajstić information content (AvgIpc) is 3.08. The van der Waals surface area contributed by atoms with Gasteiger partial charge in [0.15, 0.2) is 0 Å². The van der Waals surface area contributed by atoms with Crippen molar-refractivity contribution in [2.24, 2.45) is 7.05 Å². The Morgan fingerprint density at radius 2 is 2.00 bits per heavy atom. The van der Waals surface area contributed by atoms with E-state index in [0.717, 1.165) is 21.2 Å². The third kappa shape index (κ3) is 2.44. The number of carboxylic acid groups (broad SMARTS) is 1. The molecule has 0 saturated carbocycles. The highest BCUT2D eigenvalue weighted by atomic mass is 32.1. The Kier molecular flexibility index (Phi) is 3.47. The molecule has 0 bridgehead atoms. The van der Waals surface area contributed by atoms with Gasteiger partial charge in [-0.15, -0.1) is 11.3 Å². The Bertz CT molecular complexity index is 1180. The molecule has 1 aromatic carbocycles. The average molecular weight is 353 g/mol. The second kappa shape index (κ2) is 5.56. The molecule has 0 amide bonds. The van der Waals surface area contributed by atoms with Gasteiger partial charge < -0.3 is 9.67 Å². The van der Waals surface area contributed by atoms with Gasteiger partial charge in [0.25, 0.3) is 5.56 Å². The predicted molar refractivity (Wildman–Crippen MR) is 97.6 cm³/mol. The van der Waals surface area contributed by atoms with Gasteiger partial charge in [-0.25, -0.2) is 9.48 Å². The largest absolute Gasteiger partial charge is 0.478 e. The van der Waals surface area contributed by atoms with Gasteiger partial charge in [0.2, 0.25) is 0 Å². The van der Waals surface area contributed by atoms with E-state index in [4.69, 9.17) is 5.11 Å². The van der Waals surface area contributed by atoms with Gasteiger partial charge >= 0.3 is 5.97 Å². The zero-order valence-corrected chi connectivity index (χ0v) is 14.5. The van der Waals surface area contributed by atoms with Crippen LogP contribution < -0.4 is 5.56 Å². The lowest BCUT2D eigenvalue weighted by atomic mass is 10.1. The highest BCUT2D eigenvalue weighted by Gasteiger charge is 2.16. The van der Waals surface area contributed by atoms with Crippen molar-refractivity contribution in [3.8, 4) is 0 Å². The number of benzene rings is 1. The summed E-state index contributed by atoms with van der Waals surface area (Å²) in [5.41, 5.74) is 2.57. The molecule has 0 aliphatic rings. The van der Waals surface area contributed by atoms with E-state index >= 15 is 0 Å². The van der Waals surface area contributed by atoms with E-state index < -0.39 is 5.97 Å². The summed E-state index contributed by atoms with van der Waals surface area (Å²) in [6, 6.07) is 8.54. The van der Waals surface area contributed by atoms with Crippen molar-refractivity contribution in [3.05, 3.63) is 62.9 Å². The van der Waals surface area contributed by atoms with E-state index in [1.807, 2.05) is 18.5 Å². The van der Waals surface area contributed by atoms with Gasteiger partial charge in [-0.05, 0) is 30.7 Å². The Morgan fingerprint density at radius 3 is 2.68 bits per heavy atom. The maximum absolute atomic E-state index is 12.9. The van der Waals surface area contributed by atoms with Crippen LogP contribution in [0.15, 0.2) is 41.3 Å². The molecule has 3 aromatic heterocycles. The fourth-order valence-corrected chi connectivity index (χ4v) is 4.12. The second-order valence-electron chi connectivity index (χ2n) is 6.00. The number of carboxylic acids is 1. The van der Waals surface area contributed by atoms with Gasteiger partial charge in [0, 0.05) is 17.3 Å². The maximum atomic E-state index is 12.9. The fourth-order valence-electron chi connectivity index (χ4n) is 3.07. The normalized spacial score (nSPS) is 11.4. The summed E-state index contributed by atoms with van der Waals surface area (Å²) in [4.78, 5) is 25.0. The van der Waals surface area contributed by atoms with E-state index in [1.165, 1.54) is 21.7 Å². The highest BCUT2D eigenvalue weighted by molar-refractivity contribution is 7.20. The quantitative estimate of drug-likeness (QED) is 0.614. The number of aromatic nitrogens is 3. The van der Waals surface area contributed by atoms with Gasteiger partial charge in [-0.3, -0.25) is 4.79 Å². The van der Waals surface area contributed by atoms with Crippen LogP contribution in [0.3, 0.4) is 0 Å². The first-order valence-corrected chi connectivity index (χ1v) is 8.54. The fraction of sp³-hybridized carbons (Fsp3) is 0.167. The summed E-state index contributed by atoms with van der Waals surface area (Å²) in [5, 5.41) is 14.1. The zero-order chi connectivity index (χ0) is 17.7. The molecule has 6 nitrogen and oxygen atoms in total. The molecule has 0 aliphatic carbocycles. The molecule has 4 aromatic rings. The summed E-state index contributed by atoms with van der Waals surface area (Å²) in [6.45, 7) is 2.35. The topological polar surface area (TPSA) is 77.1 Å². The van der Waals surface area contributed by atoms with Crippen molar-refractivity contribution >= 4 is 38.4 Å². The van der Waals surface area contributed by atoms with Gasteiger partial charge in [-0.2, -0.15) is 5.10 Å². The van der Waals surface area contributed by atoms with Crippen LogP contribution >= 0.6 is 11.3 Å². The number of nitrogens with zero attached hydrogens (tertiary/aromatic N) is 3. The summed E-state index contributed by atoms with van der Waals surface area (Å²) in [5.74, 6) is -0.970. The summed E-state index contributed by atoms with van der Waals surface area (Å²) in [7, 11) is 1.89. The van der Waals surface area contributed by atoms with Crippen LogP contribution in [0.4, 0.5) is 0 Å². The van der Waals surface area contributed by atoms with Gasteiger partial charge in [-0.1, -0.05) is 12.1 Å². The minimum atomic E-state index is -0.970. The third-order valence-electron chi connectivity index (χ3n) is 4.33. The van der Waals surface area contributed by atoms with Crippen molar-refractivity contribution in [3.63, 3.8) is 0 Å². The number of hydrogen-bond acceptors (Lipinski definition) is 4. The number of aryl methyl sites for hydroxylation is 2. The van der Waals surface area contributed by atoms with Crippen LogP contribution in [-0.2, 0) is 13.6 Å². The Morgan fingerprint density at radius 1 is 1.28 bits per heavy atom. The summed E-state index contributed by atoms with van der Waals surface area (Å²) < 4.78 is 4.41. The molecule has 0 atom stereocenters. The molecule has 25 heavy (non-hydrogen) atoms. The van der Waals surface area contributed by atoms with E-state index in [1.54, 1.807) is 29.7 Å². The standard InChI is InChI=1S/C18H15N3O3S/c1-10-7-14-16(25-10)13-8-19-21(17(22)15(13)20(14)2)9-11-3-5-12(6-4-11)18(23)24/h3-8H,9H2,1-2H3,(H,23,24). The molecule has 7 heteroatoms. The van der Waals surface area contributed by atoms with E-state index in [2.05, 4.69) is 11.2 Å².